The van der Waals surface area contributed by atoms with Crippen molar-refractivity contribution in [2.24, 2.45) is 23.2 Å². The molecule has 31 heavy (non-hydrogen) atoms. The lowest BCUT2D eigenvalue weighted by Crippen LogP contribution is -2.36. The predicted octanol–water partition coefficient (Wildman–Crippen LogP) is 3.90. The van der Waals surface area contributed by atoms with Crippen molar-refractivity contribution in [1.29, 1.82) is 0 Å². The topological polar surface area (TPSA) is 80.9 Å². The third kappa shape index (κ3) is 5.34. The van der Waals surface area contributed by atoms with Crippen molar-refractivity contribution in [3.05, 3.63) is 35.5 Å². The average Bonchev–Trinajstić information content (AvgIpc) is 3.07. The third-order valence-corrected chi connectivity index (χ3v) is 8.08. The van der Waals surface area contributed by atoms with Gasteiger partial charge in [-0.25, -0.2) is 0 Å². The van der Waals surface area contributed by atoms with E-state index in [9.17, 15) is 20.4 Å². The molecule has 0 bridgehead atoms. The lowest BCUT2D eigenvalue weighted by atomic mass is 9.61. The minimum atomic E-state index is -1.32. The van der Waals surface area contributed by atoms with Crippen molar-refractivity contribution < 1.29 is 20.4 Å². The molecule has 0 aliphatic heterocycles. The molecule has 172 valence electrons. The normalized spacial score (nSPS) is 39.0. The summed E-state index contributed by atoms with van der Waals surface area (Å²) in [6.07, 6.45) is 10.8. The van der Waals surface area contributed by atoms with Crippen LogP contribution in [0.3, 0.4) is 0 Å². The smallest absolute Gasteiger partial charge is 0.145 e. The maximum absolute atomic E-state index is 10.1. The van der Waals surface area contributed by atoms with E-state index < -0.39 is 17.8 Å². The van der Waals surface area contributed by atoms with E-state index in [1.807, 2.05) is 0 Å². The van der Waals surface area contributed by atoms with Crippen molar-refractivity contribution in [3.63, 3.8) is 0 Å². The summed E-state index contributed by atoms with van der Waals surface area (Å²) in [6, 6.07) is 0. The fourth-order valence-electron chi connectivity index (χ4n) is 6.26. The van der Waals surface area contributed by atoms with Crippen molar-refractivity contribution in [1.82, 2.24) is 0 Å². The summed E-state index contributed by atoms with van der Waals surface area (Å²) in [5.41, 5.74) is 2.15. The first kappa shape index (κ1) is 24.3. The van der Waals surface area contributed by atoms with Gasteiger partial charge in [0.25, 0.3) is 0 Å². The second-order valence-corrected chi connectivity index (χ2v) is 10.6. The van der Waals surface area contributed by atoms with Gasteiger partial charge in [-0.05, 0) is 79.8 Å². The molecular formula is C27H40O4. The summed E-state index contributed by atoms with van der Waals surface area (Å²) in [5, 5.41) is 39.3. The Morgan fingerprint density at radius 1 is 1.29 bits per heavy atom. The molecule has 0 heterocycles. The predicted molar refractivity (Wildman–Crippen MR) is 124 cm³/mol. The SMILES string of the molecule is C=C1/C(=C\C=C2/CCC[C@]3(C)[C@@H]([C@H](C)CC#C[C@@](C)(O)CO)CC[C@@H]23)C[C@@H](O)C[C@@H]1O. The highest BCUT2D eigenvalue weighted by atomic mass is 16.3. The molecule has 3 rings (SSSR count). The van der Waals surface area contributed by atoms with Crippen LogP contribution in [-0.2, 0) is 0 Å². The van der Waals surface area contributed by atoms with Gasteiger partial charge in [-0.15, -0.1) is 0 Å². The number of aliphatic hydroxyl groups is 4. The maximum Gasteiger partial charge on any atom is 0.145 e. The maximum atomic E-state index is 10.1. The summed E-state index contributed by atoms with van der Waals surface area (Å²) >= 11 is 0. The molecule has 0 aromatic rings. The van der Waals surface area contributed by atoms with E-state index in [0.717, 1.165) is 24.0 Å². The van der Waals surface area contributed by atoms with Crippen LogP contribution in [0.2, 0.25) is 0 Å². The van der Waals surface area contributed by atoms with E-state index in [1.54, 1.807) is 6.92 Å². The molecule has 0 aromatic heterocycles. The van der Waals surface area contributed by atoms with E-state index in [4.69, 9.17) is 0 Å². The molecule has 3 aliphatic carbocycles. The van der Waals surface area contributed by atoms with Gasteiger partial charge in [-0.1, -0.05) is 50.0 Å². The number of allylic oxidation sites excluding steroid dienone is 3. The Morgan fingerprint density at radius 2 is 2.03 bits per heavy atom. The van der Waals surface area contributed by atoms with E-state index in [2.05, 4.69) is 44.4 Å². The largest absolute Gasteiger partial charge is 0.393 e. The highest BCUT2D eigenvalue weighted by molar-refractivity contribution is 5.38. The summed E-state index contributed by atoms with van der Waals surface area (Å²) < 4.78 is 0. The quantitative estimate of drug-likeness (QED) is 0.512. The number of aliphatic hydroxyl groups excluding tert-OH is 3. The lowest BCUT2D eigenvalue weighted by Gasteiger charge is -2.44. The zero-order chi connectivity index (χ0) is 22.8. The van der Waals surface area contributed by atoms with Gasteiger partial charge >= 0.3 is 0 Å². The minimum Gasteiger partial charge on any atom is -0.393 e. The average molecular weight is 429 g/mol. The summed E-state index contributed by atoms with van der Waals surface area (Å²) in [7, 11) is 0. The molecular weight excluding hydrogens is 388 g/mol. The molecule has 0 amide bonds. The Hall–Kier alpha value is -1.38. The van der Waals surface area contributed by atoms with Crippen LogP contribution in [0.25, 0.3) is 0 Å². The van der Waals surface area contributed by atoms with Gasteiger partial charge in [0.05, 0.1) is 18.8 Å². The molecule has 0 unspecified atom stereocenters. The van der Waals surface area contributed by atoms with E-state index >= 15 is 0 Å². The van der Waals surface area contributed by atoms with Crippen LogP contribution < -0.4 is 0 Å². The van der Waals surface area contributed by atoms with Crippen LogP contribution in [0.5, 0.6) is 0 Å². The first-order valence-corrected chi connectivity index (χ1v) is 11.9. The Balaban J connectivity index is 1.74. The van der Waals surface area contributed by atoms with Crippen LogP contribution in [-0.4, -0.2) is 44.8 Å². The number of fused-ring (bicyclic) bond motifs is 1. The summed E-state index contributed by atoms with van der Waals surface area (Å²) in [5.74, 6) is 7.53. The van der Waals surface area contributed by atoms with Gasteiger partial charge in [-0.3, -0.25) is 0 Å². The van der Waals surface area contributed by atoms with Crippen LogP contribution in [0.15, 0.2) is 35.5 Å². The van der Waals surface area contributed by atoms with E-state index in [0.29, 0.717) is 30.6 Å². The van der Waals surface area contributed by atoms with Gasteiger partial charge < -0.3 is 20.4 Å². The highest BCUT2D eigenvalue weighted by Gasteiger charge is 2.50. The molecule has 0 saturated heterocycles. The summed E-state index contributed by atoms with van der Waals surface area (Å²) in [4.78, 5) is 0. The standard InChI is InChI=1S/C27H40O4/c1-18(7-5-13-26(3,31)17-28)23-11-12-24-20(8-6-14-27(23,24)4)9-10-21-15-22(29)16-25(30)19(21)2/h9-10,18,22-25,28-31H,2,6-8,11-12,14-17H2,1,3-4H3/b20-9+,21-10-/t18-,22-,23-,24+,25+,26-,27-/m1/s1. The molecule has 0 aromatic carbocycles. The Morgan fingerprint density at radius 3 is 2.74 bits per heavy atom. The monoisotopic (exact) mass is 428 g/mol. The lowest BCUT2D eigenvalue weighted by molar-refractivity contribution is 0.0516. The molecule has 4 N–H and O–H groups in total. The molecule has 3 fully saturated rings. The zero-order valence-electron chi connectivity index (χ0n) is 19.4. The molecule has 4 heteroatoms. The van der Waals surface area contributed by atoms with Gasteiger partial charge in [-0.2, -0.15) is 0 Å². The molecule has 7 atom stereocenters. The second-order valence-electron chi connectivity index (χ2n) is 10.6. The van der Waals surface area contributed by atoms with Crippen molar-refractivity contribution >= 4 is 0 Å². The van der Waals surface area contributed by atoms with Crippen molar-refractivity contribution in [3.8, 4) is 11.8 Å². The van der Waals surface area contributed by atoms with Crippen molar-refractivity contribution in [2.45, 2.75) is 89.9 Å². The molecule has 0 radical (unpaired) electrons. The fourth-order valence-corrected chi connectivity index (χ4v) is 6.26. The van der Waals surface area contributed by atoms with E-state index in [1.165, 1.54) is 31.3 Å². The number of rotatable bonds is 4. The van der Waals surface area contributed by atoms with Gasteiger partial charge in [0.1, 0.15) is 5.60 Å². The van der Waals surface area contributed by atoms with Crippen LogP contribution >= 0.6 is 0 Å². The van der Waals surface area contributed by atoms with E-state index in [-0.39, 0.29) is 12.0 Å². The Kier molecular flexibility index (Phi) is 7.54. The van der Waals surface area contributed by atoms with Crippen molar-refractivity contribution in [2.75, 3.05) is 6.61 Å². The second kappa shape index (κ2) is 9.63. The number of hydrogen-bond acceptors (Lipinski definition) is 4. The van der Waals surface area contributed by atoms with Gasteiger partial charge in [0, 0.05) is 12.8 Å². The van der Waals surface area contributed by atoms with Crippen LogP contribution in [0.4, 0.5) is 0 Å². The first-order valence-electron chi connectivity index (χ1n) is 11.9. The molecule has 3 saturated carbocycles. The third-order valence-electron chi connectivity index (χ3n) is 8.08. The fraction of sp³-hybridized carbons (Fsp3) is 0.704. The minimum absolute atomic E-state index is 0.256. The summed E-state index contributed by atoms with van der Waals surface area (Å²) in [6.45, 7) is 9.95. The number of hydrogen-bond donors (Lipinski definition) is 4. The Labute approximate surface area is 187 Å². The first-order chi connectivity index (χ1) is 14.6. The molecule has 4 nitrogen and oxygen atoms in total. The van der Waals surface area contributed by atoms with Gasteiger partial charge in [0.15, 0.2) is 0 Å². The van der Waals surface area contributed by atoms with Gasteiger partial charge in [0.2, 0.25) is 0 Å². The molecule has 0 spiro atoms. The Bertz CT molecular complexity index is 796. The van der Waals surface area contributed by atoms with Crippen LogP contribution in [0, 0.1) is 35.0 Å². The zero-order valence-corrected chi connectivity index (χ0v) is 19.4. The molecule has 3 aliphatic rings. The van der Waals surface area contributed by atoms with Crippen LogP contribution in [0.1, 0.15) is 72.1 Å². The highest BCUT2D eigenvalue weighted by Crippen LogP contribution is 2.59.